The predicted octanol–water partition coefficient (Wildman–Crippen LogP) is 2.80. The van der Waals surface area contributed by atoms with Crippen LogP contribution in [0.15, 0.2) is 6.20 Å². The first-order chi connectivity index (χ1) is 6.91. The monoisotopic (exact) mass is 217 g/mol. The maximum Gasteiger partial charge on any atom is 0.418 e. The number of hydrogen-bond donors (Lipinski definition) is 1. The van der Waals surface area contributed by atoms with Gasteiger partial charge in [-0.2, -0.15) is 13.2 Å². The first kappa shape index (κ1) is 10.3. The molecular weight excluding hydrogens is 207 g/mol. The fraction of sp³-hybridized carbons (Fsp3) is 0.500. The van der Waals surface area contributed by atoms with E-state index < -0.39 is 17.5 Å². The maximum absolute atomic E-state index is 12.5. The smallest absolute Gasteiger partial charge is 0.364 e. The van der Waals surface area contributed by atoms with Crippen LogP contribution in [0.3, 0.4) is 0 Å². The van der Waals surface area contributed by atoms with Crippen LogP contribution in [0.2, 0.25) is 0 Å². The molecule has 0 unspecified atom stereocenters. The number of Topliss-reactive ketones (excluding diaryl/α,β-unsaturated/α-hetero) is 1. The number of carbonyl (C=O) groups is 1. The topological polar surface area (TPSA) is 32.9 Å². The fourth-order valence-corrected chi connectivity index (χ4v) is 1.91. The van der Waals surface area contributed by atoms with Crippen LogP contribution in [0.1, 0.15) is 35.0 Å². The minimum atomic E-state index is -4.45. The summed E-state index contributed by atoms with van der Waals surface area (Å²) in [6.45, 7) is 1.67. The number of nitrogens with one attached hydrogen (secondary N) is 1. The molecule has 0 aromatic carbocycles. The number of carbonyl (C=O) groups excluding carboxylic acids is 1. The molecule has 0 saturated carbocycles. The summed E-state index contributed by atoms with van der Waals surface area (Å²) in [5.74, 6) is -0.709. The van der Waals surface area contributed by atoms with E-state index in [2.05, 4.69) is 4.98 Å². The molecule has 15 heavy (non-hydrogen) atoms. The van der Waals surface area contributed by atoms with Gasteiger partial charge in [0.1, 0.15) is 0 Å². The molecule has 1 N–H and O–H groups in total. The van der Waals surface area contributed by atoms with Crippen molar-refractivity contribution < 1.29 is 18.0 Å². The number of halogens is 3. The molecule has 0 bridgehead atoms. The normalized spacial score (nSPS) is 21.6. The second kappa shape index (κ2) is 3.12. The predicted molar refractivity (Wildman–Crippen MR) is 47.6 cm³/mol. The van der Waals surface area contributed by atoms with Gasteiger partial charge in [0, 0.05) is 17.8 Å². The van der Waals surface area contributed by atoms with Crippen molar-refractivity contribution in [2.75, 3.05) is 0 Å². The first-order valence-electron chi connectivity index (χ1n) is 4.73. The first-order valence-corrected chi connectivity index (χ1v) is 4.73. The molecule has 1 aliphatic carbocycles. The number of aryl methyl sites for hydroxylation is 1. The SMILES string of the molecule is C[C@@H]1CCc2[nH]cc(C(F)(F)F)c2C1=O. The summed E-state index contributed by atoms with van der Waals surface area (Å²) in [7, 11) is 0. The Morgan fingerprint density at radius 3 is 2.73 bits per heavy atom. The Labute approximate surface area is 84.5 Å². The van der Waals surface area contributed by atoms with Crippen molar-refractivity contribution in [2.45, 2.75) is 25.9 Å². The highest BCUT2D eigenvalue weighted by Gasteiger charge is 2.40. The summed E-state index contributed by atoms with van der Waals surface area (Å²) in [6.07, 6.45) is -2.43. The Bertz CT molecular complexity index is 405. The molecule has 1 aromatic rings. The van der Waals surface area contributed by atoms with Gasteiger partial charge in [0.05, 0.1) is 11.1 Å². The quantitative estimate of drug-likeness (QED) is 0.712. The maximum atomic E-state index is 12.5. The second-order valence-electron chi connectivity index (χ2n) is 3.86. The van der Waals surface area contributed by atoms with E-state index in [1.807, 2.05) is 0 Å². The molecule has 0 aliphatic heterocycles. The van der Waals surface area contributed by atoms with E-state index in [0.29, 0.717) is 18.5 Å². The van der Waals surface area contributed by atoms with Crippen LogP contribution < -0.4 is 0 Å². The van der Waals surface area contributed by atoms with Gasteiger partial charge in [0.2, 0.25) is 0 Å². The van der Waals surface area contributed by atoms with E-state index in [1.54, 1.807) is 6.92 Å². The Kier molecular flexibility index (Phi) is 2.13. The summed E-state index contributed by atoms with van der Waals surface area (Å²) in [5, 5.41) is 0. The molecule has 0 fully saturated rings. The highest BCUT2D eigenvalue weighted by Crippen LogP contribution is 2.37. The molecule has 5 heteroatoms. The largest absolute Gasteiger partial charge is 0.418 e. The zero-order valence-electron chi connectivity index (χ0n) is 8.11. The zero-order valence-corrected chi connectivity index (χ0v) is 8.11. The van der Waals surface area contributed by atoms with E-state index >= 15 is 0 Å². The zero-order chi connectivity index (χ0) is 11.2. The lowest BCUT2D eigenvalue weighted by Gasteiger charge is -2.18. The van der Waals surface area contributed by atoms with Crippen molar-refractivity contribution in [1.29, 1.82) is 0 Å². The van der Waals surface area contributed by atoms with Gasteiger partial charge in [0.15, 0.2) is 5.78 Å². The molecule has 2 rings (SSSR count). The number of H-pyrrole nitrogens is 1. The lowest BCUT2D eigenvalue weighted by atomic mass is 9.86. The van der Waals surface area contributed by atoms with Crippen molar-refractivity contribution in [3.63, 3.8) is 0 Å². The lowest BCUT2D eigenvalue weighted by molar-refractivity contribution is -0.137. The number of fused-ring (bicyclic) bond motifs is 1. The molecule has 0 amide bonds. The number of hydrogen-bond acceptors (Lipinski definition) is 1. The number of aromatic nitrogens is 1. The van der Waals surface area contributed by atoms with Crippen molar-refractivity contribution >= 4 is 5.78 Å². The summed E-state index contributed by atoms with van der Waals surface area (Å²) in [4.78, 5) is 14.2. The highest BCUT2D eigenvalue weighted by molar-refractivity contribution is 6.01. The molecular formula is C10H10F3NO. The second-order valence-corrected chi connectivity index (χ2v) is 3.86. The van der Waals surface area contributed by atoms with Crippen molar-refractivity contribution in [3.8, 4) is 0 Å². The molecule has 0 spiro atoms. The Balaban J connectivity index is 2.54. The third kappa shape index (κ3) is 1.56. The number of ketones is 1. The molecule has 1 heterocycles. The van der Waals surface area contributed by atoms with E-state index in [9.17, 15) is 18.0 Å². The summed E-state index contributed by atoms with van der Waals surface area (Å²) >= 11 is 0. The van der Waals surface area contributed by atoms with Crippen LogP contribution >= 0.6 is 0 Å². The van der Waals surface area contributed by atoms with E-state index in [-0.39, 0.29) is 11.5 Å². The fourth-order valence-electron chi connectivity index (χ4n) is 1.91. The van der Waals surface area contributed by atoms with Gasteiger partial charge in [-0.15, -0.1) is 0 Å². The molecule has 1 atom stereocenters. The molecule has 1 aliphatic rings. The number of alkyl halides is 3. The minimum absolute atomic E-state index is 0.152. The van der Waals surface area contributed by atoms with Crippen LogP contribution in [-0.4, -0.2) is 10.8 Å². The van der Waals surface area contributed by atoms with Crippen molar-refractivity contribution in [1.82, 2.24) is 4.98 Å². The van der Waals surface area contributed by atoms with Gasteiger partial charge in [-0.1, -0.05) is 6.92 Å². The average molecular weight is 217 g/mol. The molecule has 0 saturated heterocycles. The molecule has 0 radical (unpaired) electrons. The third-order valence-corrected chi connectivity index (χ3v) is 2.79. The van der Waals surface area contributed by atoms with Gasteiger partial charge in [-0.05, 0) is 12.8 Å². The lowest BCUT2D eigenvalue weighted by Crippen LogP contribution is -2.22. The summed E-state index contributed by atoms with van der Waals surface area (Å²) in [6, 6.07) is 0. The molecule has 1 aromatic heterocycles. The standard InChI is InChI=1S/C10H10F3NO/c1-5-2-3-7-8(9(5)15)6(4-14-7)10(11,12)13/h4-5,14H,2-3H2,1H3/t5-/m1/s1. The van der Waals surface area contributed by atoms with Crippen LogP contribution in [0.4, 0.5) is 13.2 Å². The van der Waals surface area contributed by atoms with Crippen LogP contribution in [-0.2, 0) is 12.6 Å². The van der Waals surface area contributed by atoms with Gasteiger partial charge in [0.25, 0.3) is 0 Å². The van der Waals surface area contributed by atoms with E-state index in [4.69, 9.17) is 0 Å². The Morgan fingerprint density at radius 2 is 2.13 bits per heavy atom. The number of aromatic amines is 1. The van der Waals surface area contributed by atoms with Gasteiger partial charge >= 0.3 is 6.18 Å². The molecule has 2 nitrogen and oxygen atoms in total. The Morgan fingerprint density at radius 1 is 1.47 bits per heavy atom. The van der Waals surface area contributed by atoms with Crippen molar-refractivity contribution in [2.24, 2.45) is 5.92 Å². The summed E-state index contributed by atoms with van der Waals surface area (Å²) < 4.78 is 37.6. The highest BCUT2D eigenvalue weighted by atomic mass is 19.4. The average Bonchev–Trinajstić information content (AvgIpc) is 2.54. The van der Waals surface area contributed by atoms with Gasteiger partial charge < -0.3 is 4.98 Å². The van der Waals surface area contributed by atoms with E-state index in [0.717, 1.165) is 6.20 Å². The minimum Gasteiger partial charge on any atom is -0.364 e. The van der Waals surface area contributed by atoms with Crippen LogP contribution in [0, 0.1) is 5.92 Å². The molecule has 82 valence electrons. The van der Waals surface area contributed by atoms with E-state index in [1.165, 1.54) is 0 Å². The number of rotatable bonds is 0. The third-order valence-electron chi connectivity index (χ3n) is 2.79. The van der Waals surface area contributed by atoms with Gasteiger partial charge in [-0.25, -0.2) is 0 Å². The van der Waals surface area contributed by atoms with Crippen LogP contribution in [0.5, 0.6) is 0 Å². The van der Waals surface area contributed by atoms with Gasteiger partial charge in [-0.3, -0.25) is 4.79 Å². The Hall–Kier alpha value is -1.26. The van der Waals surface area contributed by atoms with Crippen molar-refractivity contribution in [3.05, 3.63) is 23.0 Å². The van der Waals surface area contributed by atoms with Crippen LogP contribution in [0.25, 0.3) is 0 Å². The summed E-state index contributed by atoms with van der Waals surface area (Å²) in [5.41, 5.74) is -0.555.